The molecule has 1 nitrogen and oxygen atoms in total. The number of rotatable bonds is 3. The predicted molar refractivity (Wildman–Crippen MR) is 83.7 cm³/mol. The summed E-state index contributed by atoms with van der Waals surface area (Å²) in [7, 11) is 0. The molecular formula is C16H16BrClO. The second kappa shape index (κ2) is 6.08. The molecule has 0 spiro atoms. The molecule has 0 amide bonds. The fourth-order valence-electron chi connectivity index (χ4n) is 2.25. The van der Waals surface area contributed by atoms with Crippen LogP contribution in [-0.4, -0.2) is 5.11 Å². The van der Waals surface area contributed by atoms with Gasteiger partial charge in [0.2, 0.25) is 0 Å². The third-order valence-corrected chi connectivity index (χ3v) is 4.25. The molecule has 0 aliphatic carbocycles. The first-order chi connectivity index (χ1) is 8.95. The fourth-order valence-corrected chi connectivity index (χ4v) is 2.76. The third kappa shape index (κ3) is 3.82. The molecule has 2 rings (SSSR count). The van der Waals surface area contributed by atoms with E-state index in [1.807, 2.05) is 12.1 Å². The zero-order valence-corrected chi connectivity index (χ0v) is 13.3. The average Bonchev–Trinajstić information content (AvgIpc) is 2.31. The summed E-state index contributed by atoms with van der Waals surface area (Å²) in [6.45, 7) is 4.14. The Hall–Kier alpha value is -0.830. The molecule has 1 atom stereocenters. The van der Waals surface area contributed by atoms with Crippen LogP contribution in [0.3, 0.4) is 0 Å². The Labute approximate surface area is 127 Å². The molecule has 0 bridgehead atoms. The Kier molecular flexibility index (Phi) is 4.67. The van der Waals surface area contributed by atoms with Crippen molar-refractivity contribution in [3.8, 4) is 0 Å². The van der Waals surface area contributed by atoms with Gasteiger partial charge < -0.3 is 5.11 Å². The van der Waals surface area contributed by atoms with Gasteiger partial charge in [-0.25, -0.2) is 0 Å². The SMILES string of the molecule is Cc1cc(C)cc(CC(O)c2ccc(Cl)c(Br)c2)c1. The quantitative estimate of drug-likeness (QED) is 0.834. The van der Waals surface area contributed by atoms with Crippen molar-refractivity contribution < 1.29 is 5.11 Å². The molecule has 2 aromatic carbocycles. The number of hydrogen-bond donors (Lipinski definition) is 1. The molecule has 0 saturated carbocycles. The highest BCUT2D eigenvalue weighted by Gasteiger charge is 2.10. The van der Waals surface area contributed by atoms with Gasteiger partial charge in [0, 0.05) is 10.9 Å². The van der Waals surface area contributed by atoms with Gasteiger partial charge in [-0.2, -0.15) is 0 Å². The van der Waals surface area contributed by atoms with Gasteiger partial charge in [-0.1, -0.05) is 47.0 Å². The summed E-state index contributed by atoms with van der Waals surface area (Å²) in [5, 5.41) is 11.0. The van der Waals surface area contributed by atoms with Crippen LogP contribution in [0.4, 0.5) is 0 Å². The van der Waals surface area contributed by atoms with Crippen LogP contribution in [0.5, 0.6) is 0 Å². The zero-order valence-electron chi connectivity index (χ0n) is 11.0. The van der Waals surface area contributed by atoms with Gasteiger partial charge in [-0.3, -0.25) is 0 Å². The second-order valence-electron chi connectivity index (χ2n) is 4.89. The molecule has 0 radical (unpaired) electrons. The van der Waals surface area contributed by atoms with E-state index in [0.717, 1.165) is 15.6 Å². The van der Waals surface area contributed by atoms with Gasteiger partial charge in [-0.15, -0.1) is 0 Å². The van der Waals surface area contributed by atoms with Crippen LogP contribution >= 0.6 is 27.5 Å². The minimum atomic E-state index is -0.519. The summed E-state index contributed by atoms with van der Waals surface area (Å²) in [6, 6.07) is 11.9. The Morgan fingerprint density at radius 1 is 1.11 bits per heavy atom. The molecule has 2 aromatic rings. The average molecular weight is 340 g/mol. The van der Waals surface area contributed by atoms with Gasteiger partial charge in [-0.05, 0) is 53.0 Å². The van der Waals surface area contributed by atoms with E-state index in [-0.39, 0.29) is 0 Å². The lowest BCUT2D eigenvalue weighted by molar-refractivity contribution is 0.178. The molecule has 0 heterocycles. The van der Waals surface area contributed by atoms with Gasteiger partial charge in [0.05, 0.1) is 11.1 Å². The Morgan fingerprint density at radius 3 is 2.32 bits per heavy atom. The van der Waals surface area contributed by atoms with Crippen molar-refractivity contribution in [3.05, 3.63) is 68.1 Å². The molecule has 0 aliphatic heterocycles. The van der Waals surface area contributed by atoms with Crippen LogP contribution < -0.4 is 0 Å². The monoisotopic (exact) mass is 338 g/mol. The number of aliphatic hydroxyl groups excluding tert-OH is 1. The minimum Gasteiger partial charge on any atom is -0.388 e. The molecular weight excluding hydrogens is 324 g/mol. The van der Waals surface area contributed by atoms with Crippen LogP contribution in [0.15, 0.2) is 40.9 Å². The maximum atomic E-state index is 10.3. The van der Waals surface area contributed by atoms with Gasteiger partial charge in [0.15, 0.2) is 0 Å². The lowest BCUT2D eigenvalue weighted by Gasteiger charge is -2.13. The summed E-state index contributed by atoms with van der Waals surface area (Å²) in [4.78, 5) is 0. The first kappa shape index (κ1) is 14.6. The Bertz CT molecular complexity index is 575. The standard InChI is InChI=1S/C16H16BrClO/c1-10-5-11(2)7-12(6-10)8-16(19)13-3-4-15(18)14(17)9-13/h3-7,9,16,19H,8H2,1-2H3. The first-order valence-corrected chi connectivity index (χ1v) is 7.33. The Morgan fingerprint density at radius 2 is 1.74 bits per heavy atom. The van der Waals surface area contributed by atoms with Crippen LogP contribution in [-0.2, 0) is 6.42 Å². The van der Waals surface area contributed by atoms with E-state index in [4.69, 9.17) is 11.6 Å². The van der Waals surface area contributed by atoms with Gasteiger partial charge in [0.25, 0.3) is 0 Å². The maximum absolute atomic E-state index is 10.3. The van der Waals surface area contributed by atoms with Crippen molar-refractivity contribution in [2.45, 2.75) is 26.4 Å². The molecule has 0 saturated heterocycles. The van der Waals surface area contributed by atoms with E-state index >= 15 is 0 Å². The van der Waals surface area contributed by atoms with Gasteiger partial charge >= 0.3 is 0 Å². The highest BCUT2D eigenvalue weighted by Crippen LogP contribution is 2.27. The molecule has 0 aromatic heterocycles. The summed E-state index contributed by atoms with van der Waals surface area (Å²) in [5.41, 5.74) is 4.46. The number of halogens is 2. The van der Waals surface area contributed by atoms with Crippen LogP contribution in [0, 0.1) is 13.8 Å². The third-order valence-electron chi connectivity index (χ3n) is 3.04. The zero-order chi connectivity index (χ0) is 14.0. The van der Waals surface area contributed by atoms with E-state index in [0.29, 0.717) is 11.4 Å². The van der Waals surface area contributed by atoms with Gasteiger partial charge in [0.1, 0.15) is 0 Å². The largest absolute Gasteiger partial charge is 0.388 e. The predicted octanol–water partition coefficient (Wildman–Crippen LogP) is 5.00. The molecule has 3 heteroatoms. The van der Waals surface area contributed by atoms with Crippen LogP contribution in [0.2, 0.25) is 5.02 Å². The van der Waals surface area contributed by atoms with Crippen molar-refractivity contribution in [3.63, 3.8) is 0 Å². The second-order valence-corrected chi connectivity index (χ2v) is 6.15. The normalized spacial score (nSPS) is 12.5. The molecule has 1 unspecified atom stereocenters. The van der Waals surface area contributed by atoms with Crippen molar-refractivity contribution in [2.24, 2.45) is 0 Å². The highest BCUT2D eigenvalue weighted by molar-refractivity contribution is 9.10. The summed E-state index contributed by atoms with van der Waals surface area (Å²) in [6.07, 6.45) is 0.0890. The molecule has 19 heavy (non-hydrogen) atoms. The van der Waals surface area contributed by atoms with E-state index in [1.165, 1.54) is 11.1 Å². The summed E-state index contributed by atoms with van der Waals surface area (Å²) in [5.74, 6) is 0. The maximum Gasteiger partial charge on any atom is 0.0830 e. The minimum absolute atomic E-state index is 0.519. The van der Waals surface area contributed by atoms with Crippen LogP contribution in [0.25, 0.3) is 0 Å². The van der Waals surface area contributed by atoms with Crippen molar-refractivity contribution >= 4 is 27.5 Å². The lowest BCUT2D eigenvalue weighted by Crippen LogP contribution is -2.02. The number of aliphatic hydroxyl groups is 1. The topological polar surface area (TPSA) is 20.2 Å². The van der Waals surface area contributed by atoms with Crippen molar-refractivity contribution in [2.75, 3.05) is 0 Å². The summed E-state index contributed by atoms with van der Waals surface area (Å²) >= 11 is 9.34. The molecule has 0 aliphatic rings. The van der Waals surface area contributed by atoms with Crippen molar-refractivity contribution in [1.29, 1.82) is 0 Å². The smallest absolute Gasteiger partial charge is 0.0830 e. The molecule has 0 fully saturated rings. The Balaban J connectivity index is 2.20. The highest BCUT2D eigenvalue weighted by atomic mass is 79.9. The van der Waals surface area contributed by atoms with E-state index in [9.17, 15) is 5.11 Å². The molecule has 1 N–H and O–H groups in total. The first-order valence-electron chi connectivity index (χ1n) is 6.16. The van der Waals surface area contributed by atoms with E-state index in [1.54, 1.807) is 6.07 Å². The molecule has 100 valence electrons. The number of aryl methyl sites for hydroxylation is 2. The van der Waals surface area contributed by atoms with Crippen LogP contribution in [0.1, 0.15) is 28.4 Å². The summed E-state index contributed by atoms with van der Waals surface area (Å²) < 4.78 is 0.811. The fraction of sp³-hybridized carbons (Fsp3) is 0.250. The lowest BCUT2D eigenvalue weighted by atomic mass is 9.98. The van der Waals surface area contributed by atoms with E-state index in [2.05, 4.69) is 48.0 Å². The number of hydrogen-bond acceptors (Lipinski definition) is 1. The van der Waals surface area contributed by atoms with E-state index < -0.39 is 6.10 Å². The number of benzene rings is 2. The van der Waals surface area contributed by atoms with Crippen molar-refractivity contribution in [1.82, 2.24) is 0 Å².